The lowest BCUT2D eigenvalue weighted by Crippen LogP contribution is -2.10. The Morgan fingerprint density at radius 3 is 2.31 bits per heavy atom. The molecule has 0 aliphatic carbocycles. The summed E-state index contributed by atoms with van der Waals surface area (Å²) in [6, 6.07) is 10.3. The van der Waals surface area contributed by atoms with Crippen LogP contribution in [0.1, 0.15) is 21.6 Å². The van der Waals surface area contributed by atoms with Crippen molar-refractivity contribution < 1.29 is 23.7 Å². The lowest BCUT2D eigenvalue weighted by atomic mass is 10.1. The van der Waals surface area contributed by atoms with Gasteiger partial charge in [-0.25, -0.2) is 4.68 Å². The normalized spacial score (nSPS) is 11.1. The predicted molar refractivity (Wildman–Crippen MR) is 132 cm³/mol. The van der Waals surface area contributed by atoms with Gasteiger partial charge in [-0.1, -0.05) is 6.08 Å². The van der Waals surface area contributed by atoms with Crippen LogP contribution in [0, 0.1) is 6.92 Å². The number of methoxy groups -OCH3 is 4. The van der Waals surface area contributed by atoms with E-state index in [-0.39, 0.29) is 11.3 Å². The number of aromatic nitrogens is 3. The summed E-state index contributed by atoms with van der Waals surface area (Å²) in [5, 5.41) is 5.14. The molecule has 1 N–H and O–H groups in total. The third-order valence-corrected chi connectivity index (χ3v) is 5.65. The number of allylic oxidation sites excluding steroid dienone is 1. The first-order valence-electron chi connectivity index (χ1n) is 10.7. The van der Waals surface area contributed by atoms with Crippen molar-refractivity contribution in [3.8, 4) is 28.7 Å². The second-order valence-corrected chi connectivity index (χ2v) is 7.64. The van der Waals surface area contributed by atoms with E-state index >= 15 is 0 Å². The maximum Gasteiger partial charge on any atom is 0.250 e. The molecule has 0 fully saturated rings. The summed E-state index contributed by atoms with van der Waals surface area (Å²) in [7, 11) is 6.16. The minimum atomic E-state index is -0.275. The first kappa shape index (κ1) is 23.6. The molecule has 0 radical (unpaired) electrons. The third-order valence-electron chi connectivity index (χ3n) is 5.65. The van der Waals surface area contributed by atoms with E-state index in [1.807, 2.05) is 6.07 Å². The molecule has 0 atom stereocenters. The fourth-order valence-corrected chi connectivity index (χ4v) is 3.87. The number of ketones is 1. The number of benzene rings is 2. The summed E-state index contributed by atoms with van der Waals surface area (Å²) in [6.07, 6.45) is 4.61. The smallest absolute Gasteiger partial charge is 0.250 e. The molecule has 0 bridgehead atoms. The molecule has 9 nitrogen and oxygen atoms in total. The molecule has 4 aromatic rings. The number of fused-ring (bicyclic) bond motifs is 1. The van der Waals surface area contributed by atoms with Crippen molar-refractivity contribution in [2.45, 2.75) is 6.92 Å². The number of pyridine rings is 1. The van der Waals surface area contributed by atoms with E-state index in [0.717, 1.165) is 5.39 Å². The first-order chi connectivity index (χ1) is 16.9. The van der Waals surface area contributed by atoms with Crippen LogP contribution in [-0.2, 0) is 0 Å². The lowest BCUT2D eigenvalue weighted by Gasteiger charge is -2.12. The standard InChI is InChI=1S/C26H25N3O6/c1-15-19(22(30)9-6-16-10-23(33-3)26(35-5)24(11-16)34-4)14-27-29(15)21-13-25(31)28-20-8-7-17(32-2)12-18(20)21/h6-14H,1-5H3,(H,28,31)/b9-6+. The molecule has 2 heterocycles. The van der Waals surface area contributed by atoms with E-state index in [2.05, 4.69) is 10.1 Å². The molecule has 2 aromatic carbocycles. The van der Waals surface area contributed by atoms with Crippen LogP contribution in [0.2, 0.25) is 0 Å². The largest absolute Gasteiger partial charge is 0.497 e. The average molecular weight is 476 g/mol. The van der Waals surface area contributed by atoms with E-state index in [9.17, 15) is 9.59 Å². The van der Waals surface area contributed by atoms with Crippen molar-refractivity contribution in [1.82, 2.24) is 14.8 Å². The third kappa shape index (κ3) is 4.48. The quantitative estimate of drug-likeness (QED) is 0.304. The van der Waals surface area contributed by atoms with Crippen molar-refractivity contribution in [3.63, 3.8) is 0 Å². The predicted octanol–water partition coefficient (Wildman–Crippen LogP) is 3.95. The highest BCUT2D eigenvalue weighted by atomic mass is 16.5. The highest BCUT2D eigenvalue weighted by Gasteiger charge is 2.17. The zero-order valence-corrected chi connectivity index (χ0v) is 20.0. The van der Waals surface area contributed by atoms with Crippen molar-refractivity contribution >= 4 is 22.8 Å². The molecule has 4 rings (SSSR count). The van der Waals surface area contributed by atoms with Crippen LogP contribution in [0.15, 0.2) is 53.5 Å². The molecular weight excluding hydrogens is 450 g/mol. The SMILES string of the molecule is COc1ccc2[nH]c(=O)cc(-n3ncc(C(=O)/C=C/c4cc(OC)c(OC)c(OC)c4)c3C)c2c1. The van der Waals surface area contributed by atoms with Gasteiger partial charge in [-0.3, -0.25) is 9.59 Å². The molecular formula is C26H25N3O6. The van der Waals surface area contributed by atoms with Crippen LogP contribution in [0.3, 0.4) is 0 Å². The minimum Gasteiger partial charge on any atom is -0.497 e. The maximum atomic E-state index is 13.0. The number of nitrogens with zero attached hydrogens (tertiary/aromatic N) is 2. The second-order valence-electron chi connectivity index (χ2n) is 7.64. The number of nitrogens with one attached hydrogen (secondary N) is 1. The highest BCUT2D eigenvalue weighted by molar-refractivity contribution is 6.07. The number of rotatable bonds is 8. The second kappa shape index (κ2) is 9.76. The summed E-state index contributed by atoms with van der Waals surface area (Å²) < 4.78 is 23.0. The van der Waals surface area contributed by atoms with Crippen LogP contribution < -0.4 is 24.5 Å². The van der Waals surface area contributed by atoms with Crippen LogP contribution in [0.25, 0.3) is 22.7 Å². The monoisotopic (exact) mass is 475 g/mol. The molecule has 35 heavy (non-hydrogen) atoms. The van der Waals surface area contributed by atoms with E-state index < -0.39 is 0 Å². The Balaban J connectivity index is 1.71. The Bertz CT molecular complexity index is 1470. The van der Waals surface area contributed by atoms with Crippen molar-refractivity contribution in [2.24, 2.45) is 0 Å². The Hall–Kier alpha value is -4.53. The molecule has 180 valence electrons. The molecule has 0 aliphatic heterocycles. The summed E-state index contributed by atoms with van der Waals surface area (Å²) in [5.41, 5.74) is 2.61. The molecule has 2 aromatic heterocycles. The number of carbonyl (C=O) groups is 1. The van der Waals surface area contributed by atoms with Gasteiger partial charge in [0.25, 0.3) is 5.56 Å². The molecule has 9 heteroatoms. The lowest BCUT2D eigenvalue weighted by molar-refractivity contribution is 0.104. The zero-order chi connectivity index (χ0) is 25.1. The number of H-pyrrole nitrogens is 1. The average Bonchev–Trinajstić information content (AvgIpc) is 3.26. The van der Waals surface area contributed by atoms with Gasteiger partial charge >= 0.3 is 0 Å². The molecule has 0 unspecified atom stereocenters. The fourth-order valence-electron chi connectivity index (χ4n) is 3.87. The van der Waals surface area contributed by atoms with Crippen molar-refractivity contribution in [1.29, 1.82) is 0 Å². The molecule has 0 amide bonds. The summed E-state index contributed by atoms with van der Waals surface area (Å²) in [4.78, 5) is 28.1. The van der Waals surface area contributed by atoms with Crippen molar-refractivity contribution in [2.75, 3.05) is 28.4 Å². The summed E-state index contributed by atoms with van der Waals surface area (Å²) >= 11 is 0. The number of hydrogen-bond acceptors (Lipinski definition) is 7. The van der Waals surface area contributed by atoms with Gasteiger partial charge in [0, 0.05) is 11.5 Å². The minimum absolute atomic E-state index is 0.241. The Labute approximate surface area is 201 Å². The molecule has 0 saturated carbocycles. The fraction of sp³-hybridized carbons (Fsp3) is 0.192. The number of carbonyl (C=O) groups excluding carboxylic acids is 1. The van der Waals surface area contributed by atoms with Gasteiger partial charge in [-0.2, -0.15) is 5.10 Å². The van der Waals surface area contributed by atoms with Crippen LogP contribution in [-0.4, -0.2) is 49.0 Å². The van der Waals surface area contributed by atoms with Crippen molar-refractivity contribution in [3.05, 3.63) is 75.8 Å². The van der Waals surface area contributed by atoms with Gasteiger partial charge in [0.2, 0.25) is 5.75 Å². The van der Waals surface area contributed by atoms with Crippen LogP contribution in [0.5, 0.6) is 23.0 Å². The van der Waals surface area contributed by atoms with E-state index in [1.54, 1.807) is 49.1 Å². The van der Waals surface area contributed by atoms with Gasteiger partial charge in [-0.05, 0) is 48.9 Å². The van der Waals surface area contributed by atoms with Gasteiger partial charge in [0.05, 0.1) is 57.1 Å². The molecule has 0 aliphatic rings. The van der Waals surface area contributed by atoms with Crippen LogP contribution >= 0.6 is 0 Å². The van der Waals surface area contributed by atoms with Gasteiger partial charge in [0.1, 0.15) is 5.75 Å². The summed E-state index contributed by atoms with van der Waals surface area (Å²) in [5.74, 6) is 1.84. The topological polar surface area (TPSA) is 105 Å². The van der Waals surface area contributed by atoms with E-state index in [1.165, 1.54) is 39.7 Å². The maximum absolute atomic E-state index is 13.0. The Morgan fingerprint density at radius 2 is 1.69 bits per heavy atom. The van der Waals surface area contributed by atoms with Gasteiger partial charge in [0.15, 0.2) is 17.3 Å². The Morgan fingerprint density at radius 1 is 0.971 bits per heavy atom. The molecule has 0 spiro atoms. The van der Waals surface area contributed by atoms with Crippen LogP contribution in [0.4, 0.5) is 0 Å². The number of hydrogen-bond donors (Lipinski definition) is 1. The zero-order valence-electron chi connectivity index (χ0n) is 20.0. The Kier molecular flexibility index (Phi) is 6.59. The van der Waals surface area contributed by atoms with Gasteiger partial charge < -0.3 is 23.9 Å². The number of aromatic amines is 1. The first-order valence-corrected chi connectivity index (χ1v) is 10.7. The number of ether oxygens (including phenoxy) is 4. The van der Waals surface area contributed by atoms with E-state index in [0.29, 0.717) is 51.0 Å². The molecule has 0 saturated heterocycles. The van der Waals surface area contributed by atoms with Gasteiger partial charge in [-0.15, -0.1) is 0 Å². The highest BCUT2D eigenvalue weighted by Crippen LogP contribution is 2.38. The van der Waals surface area contributed by atoms with E-state index in [4.69, 9.17) is 18.9 Å². The summed E-state index contributed by atoms with van der Waals surface area (Å²) in [6.45, 7) is 1.78.